The summed E-state index contributed by atoms with van der Waals surface area (Å²) in [6.07, 6.45) is 7.90. The molecule has 1 saturated carbocycles. The average molecular weight is 347 g/mol. The van der Waals surface area contributed by atoms with Gasteiger partial charge in [-0.2, -0.15) is 0 Å². The zero-order valence-electron chi connectivity index (χ0n) is 15.0. The summed E-state index contributed by atoms with van der Waals surface area (Å²) in [6.45, 7) is 5.08. The van der Waals surface area contributed by atoms with Gasteiger partial charge >= 0.3 is 0 Å². The van der Waals surface area contributed by atoms with Crippen LogP contribution in [-0.4, -0.2) is 50.3 Å². The second kappa shape index (κ2) is 7.50. The Morgan fingerprint density at radius 2 is 2.08 bits per heavy atom. The van der Waals surface area contributed by atoms with E-state index in [1.165, 1.54) is 12.8 Å². The SMILES string of the molecule is O=C(Cc1ccco1)N1CCC2(CCOCC2COCC2CC2)CC1. The molecule has 5 heteroatoms. The van der Waals surface area contributed by atoms with E-state index in [4.69, 9.17) is 13.9 Å². The van der Waals surface area contributed by atoms with Crippen LogP contribution in [0.5, 0.6) is 0 Å². The second-order valence-electron chi connectivity index (χ2n) is 8.00. The molecule has 5 nitrogen and oxygen atoms in total. The zero-order valence-corrected chi connectivity index (χ0v) is 15.0. The van der Waals surface area contributed by atoms with Crippen LogP contribution >= 0.6 is 0 Å². The number of carbonyl (C=O) groups is 1. The van der Waals surface area contributed by atoms with Crippen molar-refractivity contribution in [2.45, 2.75) is 38.5 Å². The molecule has 3 fully saturated rings. The Bertz CT molecular complexity index is 558. The second-order valence-corrected chi connectivity index (χ2v) is 8.00. The molecule has 138 valence electrons. The Morgan fingerprint density at radius 3 is 2.80 bits per heavy atom. The first-order valence-electron chi connectivity index (χ1n) is 9.71. The van der Waals surface area contributed by atoms with Gasteiger partial charge in [0.1, 0.15) is 5.76 Å². The third-order valence-corrected chi connectivity index (χ3v) is 6.32. The van der Waals surface area contributed by atoms with Crippen LogP contribution in [0, 0.1) is 17.3 Å². The number of furan rings is 1. The molecule has 2 aliphatic heterocycles. The lowest BCUT2D eigenvalue weighted by Crippen LogP contribution is -2.50. The first-order chi connectivity index (χ1) is 12.3. The fraction of sp³-hybridized carbons (Fsp3) is 0.750. The highest BCUT2D eigenvalue weighted by atomic mass is 16.5. The number of piperidine rings is 1. The van der Waals surface area contributed by atoms with E-state index in [0.717, 1.165) is 70.5 Å². The maximum atomic E-state index is 12.5. The summed E-state index contributed by atoms with van der Waals surface area (Å²) >= 11 is 0. The first kappa shape index (κ1) is 17.1. The van der Waals surface area contributed by atoms with E-state index in [0.29, 0.717) is 17.8 Å². The van der Waals surface area contributed by atoms with Crippen molar-refractivity contribution in [2.75, 3.05) is 39.5 Å². The van der Waals surface area contributed by atoms with E-state index >= 15 is 0 Å². The number of amides is 1. The Morgan fingerprint density at radius 1 is 1.24 bits per heavy atom. The molecule has 3 heterocycles. The van der Waals surface area contributed by atoms with E-state index in [9.17, 15) is 4.79 Å². The summed E-state index contributed by atoms with van der Waals surface area (Å²) in [6, 6.07) is 3.71. The summed E-state index contributed by atoms with van der Waals surface area (Å²) in [5, 5.41) is 0. The number of hydrogen-bond donors (Lipinski definition) is 0. The molecule has 1 aromatic rings. The van der Waals surface area contributed by atoms with Gasteiger partial charge in [0, 0.05) is 32.2 Å². The highest BCUT2D eigenvalue weighted by Gasteiger charge is 2.44. The van der Waals surface area contributed by atoms with Crippen molar-refractivity contribution in [1.29, 1.82) is 0 Å². The van der Waals surface area contributed by atoms with Crippen LogP contribution in [0.3, 0.4) is 0 Å². The number of hydrogen-bond acceptors (Lipinski definition) is 4. The largest absolute Gasteiger partial charge is 0.469 e. The van der Waals surface area contributed by atoms with Crippen LogP contribution in [0.1, 0.15) is 37.9 Å². The Hall–Kier alpha value is -1.33. The smallest absolute Gasteiger partial charge is 0.230 e. The molecule has 4 rings (SSSR count). The molecular formula is C20H29NO4. The standard InChI is InChI=1S/C20H29NO4/c22-19(12-18-2-1-10-25-18)21-8-5-20(6-9-21)7-11-23-14-17(20)15-24-13-16-3-4-16/h1-2,10,16-17H,3-9,11-15H2. The van der Waals surface area contributed by atoms with Crippen LogP contribution in [-0.2, 0) is 20.7 Å². The van der Waals surface area contributed by atoms with E-state index in [1.807, 2.05) is 17.0 Å². The van der Waals surface area contributed by atoms with Gasteiger partial charge in [0.25, 0.3) is 0 Å². The van der Waals surface area contributed by atoms with Crippen LogP contribution in [0.2, 0.25) is 0 Å². The van der Waals surface area contributed by atoms with Crippen molar-refractivity contribution in [3.8, 4) is 0 Å². The topological polar surface area (TPSA) is 51.9 Å². The van der Waals surface area contributed by atoms with Gasteiger partial charge in [0.2, 0.25) is 5.91 Å². The monoisotopic (exact) mass is 347 g/mol. The molecule has 0 aromatic carbocycles. The van der Waals surface area contributed by atoms with Crippen LogP contribution in [0.25, 0.3) is 0 Å². The Labute approximate surface area is 149 Å². The molecule has 1 spiro atoms. The molecule has 0 N–H and O–H groups in total. The molecule has 0 bridgehead atoms. The van der Waals surface area contributed by atoms with Gasteiger partial charge in [0.15, 0.2) is 0 Å². The van der Waals surface area contributed by atoms with Gasteiger partial charge in [-0.25, -0.2) is 0 Å². The highest BCUT2D eigenvalue weighted by molar-refractivity contribution is 5.78. The molecule has 25 heavy (non-hydrogen) atoms. The lowest BCUT2D eigenvalue weighted by atomic mass is 9.66. The number of ether oxygens (including phenoxy) is 2. The van der Waals surface area contributed by atoms with Gasteiger partial charge in [-0.15, -0.1) is 0 Å². The van der Waals surface area contributed by atoms with Crippen LogP contribution < -0.4 is 0 Å². The summed E-state index contributed by atoms with van der Waals surface area (Å²) < 4.78 is 17.1. The Kier molecular flexibility index (Phi) is 5.13. The van der Waals surface area contributed by atoms with Crippen molar-refractivity contribution < 1.29 is 18.7 Å². The summed E-state index contributed by atoms with van der Waals surface area (Å²) in [5.74, 6) is 2.21. The van der Waals surface area contributed by atoms with E-state index in [2.05, 4.69) is 0 Å². The third kappa shape index (κ3) is 4.09. The van der Waals surface area contributed by atoms with Crippen molar-refractivity contribution >= 4 is 5.91 Å². The highest BCUT2D eigenvalue weighted by Crippen LogP contribution is 2.45. The van der Waals surface area contributed by atoms with E-state index < -0.39 is 0 Å². The minimum absolute atomic E-state index is 0.179. The van der Waals surface area contributed by atoms with Gasteiger partial charge in [0.05, 0.1) is 25.9 Å². The van der Waals surface area contributed by atoms with Crippen molar-refractivity contribution in [2.24, 2.45) is 17.3 Å². The first-order valence-corrected chi connectivity index (χ1v) is 9.71. The molecule has 2 saturated heterocycles. The number of nitrogens with zero attached hydrogens (tertiary/aromatic N) is 1. The van der Waals surface area contributed by atoms with Crippen molar-refractivity contribution in [3.63, 3.8) is 0 Å². The molecular weight excluding hydrogens is 318 g/mol. The average Bonchev–Trinajstić information content (AvgIpc) is 3.31. The van der Waals surface area contributed by atoms with Crippen LogP contribution in [0.15, 0.2) is 22.8 Å². The van der Waals surface area contributed by atoms with Crippen molar-refractivity contribution in [1.82, 2.24) is 4.90 Å². The molecule has 1 atom stereocenters. The van der Waals surface area contributed by atoms with E-state index in [-0.39, 0.29) is 5.91 Å². The molecule has 0 radical (unpaired) electrons. The minimum Gasteiger partial charge on any atom is -0.469 e. The molecule has 1 aromatic heterocycles. The lowest BCUT2D eigenvalue weighted by molar-refractivity contribution is -0.138. The quantitative estimate of drug-likeness (QED) is 0.794. The zero-order chi connectivity index (χ0) is 17.1. The normalized spacial score (nSPS) is 26.1. The lowest BCUT2D eigenvalue weighted by Gasteiger charge is -2.49. The number of rotatable bonds is 6. The predicted molar refractivity (Wildman–Crippen MR) is 93.1 cm³/mol. The predicted octanol–water partition coefficient (Wildman–Crippen LogP) is 2.89. The van der Waals surface area contributed by atoms with Gasteiger partial charge < -0.3 is 18.8 Å². The maximum absolute atomic E-state index is 12.5. The minimum atomic E-state index is 0.179. The number of carbonyl (C=O) groups excluding carboxylic acids is 1. The molecule has 1 amide bonds. The fourth-order valence-electron chi connectivity index (χ4n) is 4.30. The van der Waals surface area contributed by atoms with Gasteiger partial charge in [-0.1, -0.05) is 0 Å². The molecule has 1 unspecified atom stereocenters. The van der Waals surface area contributed by atoms with E-state index in [1.54, 1.807) is 6.26 Å². The third-order valence-electron chi connectivity index (χ3n) is 6.32. The van der Waals surface area contributed by atoms with Gasteiger partial charge in [-0.05, 0) is 55.6 Å². The molecule has 3 aliphatic rings. The number of likely N-dealkylation sites (tertiary alicyclic amines) is 1. The maximum Gasteiger partial charge on any atom is 0.230 e. The van der Waals surface area contributed by atoms with Crippen molar-refractivity contribution in [3.05, 3.63) is 24.2 Å². The summed E-state index contributed by atoms with van der Waals surface area (Å²) in [5.41, 5.74) is 0.295. The summed E-state index contributed by atoms with van der Waals surface area (Å²) in [7, 11) is 0. The Balaban J connectivity index is 1.30. The van der Waals surface area contributed by atoms with Gasteiger partial charge in [-0.3, -0.25) is 4.79 Å². The van der Waals surface area contributed by atoms with Crippen LogP contribution in [0.4, 0.5) is 0 Å². The molecule has 1 aliphatic carbocycles. The summed E-state index contributed by atoms with van der Waals surface area (Å²) in [4.78, 5) is 14.5. The fourth-order valence-corrected chi connectivity index (χ4v) is 4.30.